The van der Waals surface area contributed by atoms with Crippen molar-refractivity contribution < 1.29 is 4.79 Å². The first-order valence-electron chi connectivity index (χ1n) is 5.52. The molecule has 0 saturated carbocycles. The summed E-state index contributed by atoms with van der Waals surface area (Å²) in [5.41, 5.74) is 0. The molecule has 0 fully saturated rings. The van der Waals surface area contributed by atoms with Gasteiger partial charge in [-0.1, -0.05) is 37.5 Å². The molecule has 0 aromatic rings. The molecule has 0 aromatic carbocycles. The first-order chi connectivity index (χ1) is 6.91. The van der Waals surface area contributed by atoms with Crippen molar-refractivity contribution in [3.63, 3.8) is 0 Å². The lowest BCUT2D eigenvalue weighted by molar-refractivity contribution is 0.542. The van der Waals surface area contributed by atoms with Crippen LogP contribution in [0.4, 0.5) is 0 Å². The Bertz CT molecular complexity index is 159. The fourth-order valence-electron chi connectivity index (χ4n) is 1.30. The topological polar surface area (TPSA) is 17.1 Å². The molecule has 0 rings (SSSR count). The molecular formula is C13H21O. The van der Waals surface area contributed by atoms with Crippen LogP contribution in [0.25, 0.3) is 0 Å². The summed E-state index contributed by atoms with van der Waals surface area (Å²) in [6.45, 7) is 3.65. The molecule has 0 aliphatic rings. The van der Waals surface area contributed by atoms with Gasteiger partial charge in [-0.15, -0.1) is 6.58 Å². The van der Waals surface area contributed by atoms with E-state index in [1.165, 1.54) is 32.1 Å². The van der Waals surface area contributed by atoms with Crippen LogP contribution in [0.1, 0.15) is 51.4 Å². The number of hydrogen-bond acceptors (Lipinski definition) is 1. The van der Waals surface area contributed by atoms with E-state index >= 15 is 0 Å². The summed E-state index contributed by atoms with van der Waals surface area (Å²) >= 11 is 0. The smallest absolute Gasteiger partial charge is 0.198 e. The molecule has 14 heavy (non-hydrogen) atoms. The van der Waals surface area contributed by atoms with Gasteiger partial charge in [-0.25, -0.2) is 0 Å². The van der Waals surface area contributed by atoms with E-state index in [0.717, 1.165) is 12.8 Å². The van der Waals surface area contributed by atoms with Gasteiger partial charge >= 0.3 is 0 Å². The van der Waals surface area contributed by atoms with E-state index in [4.69, 9.17) is 0 Å². The molecule has 0 spiro atoms. The fraction of sp³-hybridized carbons (Fsp3) is 0.615. The number of carbonyl (C=O) groups excluding carboxylic acids is 1. The van der Waals surface area contributed by atoms with Gasteiger partial charge in [-0.2, -0.15) is 0 Å². The van der Waals surface area contributed by atoms with Crippen molar-refractivity contribution in [2.45, 2.75) is 51.4 Å². The second kappa shape index (κ2) is 12.2. The van der Waals surface area contributed by atoms with Crippen LogP contribution < -0.4 is 0 Å². The number of rotatable bonds is 10. The Morgan fingerprint density at radius 3 is 2.43 bits per heavy atom. The number of hydrogen-bond donors (Lipinski definition) is 0. The summed E-state index contributed by atoms with van der Waals surface area (Å²) in [5.74, 6) is 0. The standard InChI is InChI=1S/C13H21O/c1-2-3-4-5-6-7-8-9-10-11-12-13-14/h2,4-5H,1,3,6-12H2/b5-4+. The monoisotopic (exact) mass is 193 g/mol. The van der Waals surface area contributed by atoms with Gasteiger partial charge in [0, 0.05) is 6.42 Å². The molecule has 0 aliphatic carbocycles. The molecule has 0 heterocycles. The van der Waals surface area contributed by atoms with Crippen molar-refractivity contribution in [2.75, 3.05) is 0 Å². The van der Waals surface area contributed by atoms with Crippen LogP contribution in [0.3, 0.4) is 0 Å². The van der Waals surface area contributed by atoms with Crippen LogP contribution in [-0.4, -0.2) is 6.29 Å². The number of unbranched alkanes of at least 4 members (excludes halogenated alkanes) is 6. The summed E-state index contributed by atoms with van der Waals surface area (Å²) in [4.78, 5) is 9.90. The Morgan fingerprint density at radius 1 is 1.00 bits per heavy atom. The Balaban J connectivity index is 2.98. The molecule has 0 unspecified atom stereocenters. The van der Waals surface area contributed by atoms with E-state index in [1.807, 2.05) is 12.4 Å². The van der Waals surface area contributed by atoms with Gasteiger partial charge in [0.1, 0.15) is 0 Å². The van der Waals surface area contributed by atoms with Gasteiger partial charge in [0.2, 0.25) is 0 Å². The second-order valence-corrected chi connectivity index (χ2v) is 3.45. The van der Waals surface area contributed by atoms with Gasteiger partial charge in [-0.05, 0) is 25.7 Å². The first-order valence-corrected chi connectivity index (χ1v) is 5.52. The van der Waals surface area contributed by atoms with Crippen LogP contribution in [0, 0.1) is 0 Å². The fourth-order valence-corrected chi connectivity index (χ4v) is 1.30. The molecular weight excluding hydrogens is 172 g/mol. The SMILES string of the molecule is C=CC/C=C/CCCCCCC[C]=O. The van der Waals surface area contributed by atoms with E-state index < -0.39 is 0 Å². The molecule has 1 heteroatoms. The molecule has 0 bridgehead atoms. The van der Waals surface area contributed by atoms with Gasteiger partial charge in [0.15, 0.2) is 6.29 Å². The summed E-state index contributed by atoms with van der Waals surface area (Å²) in [5, 5.41) is 0. The zero-order valence-electron chi connectivity index (χ0n) is 9.00. The summed E-state index contributed by atoms with van der Waals surface area (Å²) in [6.07, 6.45) is 16.9. The summed E-state index contributed by atoms with van der Waals surface area (Å²) in [7, 11) is 0. The molecule has 1 radical (unpaired) electrons. The molecule has 0 N–H and O–H groups in total. The van der Waals surface area contributed by atoms with Crippen LogP contribution in [0.15, 0.2) is 24.8 Å². The summed E-state index contributed by atoms with van der Waals surface area (Å²) < 4.78 is 0. The maximum atomic E-state index is 9.90. The highest BCUT2D eigenvalue weighted by Gasteiger charge is 1.89. The normalized spacial score (nSPS) is 10.6. The molecule has 0 saturated heterocycles. The molecule has 0 atom stereocenters. The van der Waals surface area contributed by atoms with E-state index in [0.29, 0.717) is 6.42 Å². The zero-order valence-corrected chi connectivity index (χ0v) is 9.00. The minimum Gasteiger partial charge on any atom is -0.291 e. The van der Waals surface area contributed by atoms with Gasteiger partial charge in [0.25, 0.3) is 0 Å². The molecule has 79 valence electrons. The van der Waals surface area contributed by atoms with Crippen LogP contribution >= 0.6 is 0 Å². The Hall–Kier alpha value is -0.850. The maximum Gasteiger partial charge on any atom is 0.198 e. The minimum absolute atomic E-state index is 0.610. The Morgan fingerprint density at radius 2 is 1.71 bits per heavy atom. The first kappa shape index (κ1) is 13.2. The van der Waals surface area contributed by atoms with Crippen molar-refractivity contribution in [3.8, 4) is 0 Å². The predicted octanol–water partition coefficient (Wildman–Crippen LogP) is 3.96. The quantitative estimate of drug-likeness (QED) is 0.379. The lowest BCUT2D eigenvalue weighted by Gasteiger charge is -1.96. The van der Waals surface area contributed by atoms with E-state index in [2.05, 4.69) is 18.7 Å². The highest BCUT2D eigenvalue weighted by atomic mass is 16.1. The maximum absolute atomic E-state index is 9.90. The van der Waals surface area contributed by atoms with E-state index in [9.17, 15) is 4.79 Å². The molecule has 0 aliphatic heterocycles. The largest absolute Gasteiger partial charge is 0.291 e. The highest BCUT2D eigenvalue weighted by Crippen LogP contribution is 2.06. The van der Waals surface area contributed by atoms with Crippen molar-refractivity contribution in [2.24, 2.45) is 0 Å². The van der Waals surface area contributed by atoms with Crippen molar-refractivity contribution in [3.05, 3.63) is 24.8 Å². The van der Waals surface area contributed by atoms with Gasteiger partial charge in [0.05, 0.1) is 0 Å². The second-order valence-electron chi connectivity index (χ2n) is 3.45. The van der Waals surface area contributed by atoms with Crippen LogP contribution in [0.5, 0.6) is 0 Å². The highest BCUT2D eigenvalue weighted by molar-refractivity contribution is 5.50. The Kier molecular flexibility index (Phi) is 11.4. The third-order valence-electron chi connectivity index (χ3n) is 2.12. The van der Waals surface area contributed by atoms with E-state index in [1.54, 1.807) is 0 Å². The van der Waals surface area contributed by atoms with Crippen LogP contribution in [-0.2, 0) is 4.79 Å². The zero-order chi connectivity index (χ0) is 10.5. The van der Waals surface area contributed by atoms with Crippen LogP contribution in [0.2, 0.25) is 0 Å². The average Bonchev–Trinajstić information content (AvgIpc) is 2.21. The minimum atomic E-state index is 0.610. The Labute approximate surface area is 87.9 Å². The lowest BCUT2D eigenvalue weighted by atomic mass is 10.1. The third kappa shape index (κ3) is 11.2. The molecule has 0 aromatic heterocycles. The average molecular weight is 193 g/mol. The molecule has 1 nitrogen and oxygen atoms in total. The lowest BCUT2D eigenvalue weighted by Crippen LogP contribution is -1.79. The molecule has 0 amide bonds. The number of allylic oxidation sites excluding steroid dienone is 3. The summed E-state index contributed by atoms with van der Waals surface area (Å²) in [6, 6.07) is 0. The third-order valence-corrected chi connectivity index (χ3v) is 2.12. The van der Waals surface area contributed by atoms with Crippen molar-refractivity contribution in [1.29, 1.82) is 0 Å². The predicted molar refractivity (Wildman–Crippen MR) is 62.0 cm³/mol. The van der Waals surface area contributed by atoms with Crippen molar-refractivity contribution >= 4 is 6.29 Å². The van der Waals surface area contributed by atoms with Gasteiger partial charge < -0.3 is 0 Å². The van der Waals surface area contributed by atoms with E-state index in [-0.39, 0.29) is 0 Å². The van der Waals surface area contributed by atoms with Gasteiger partial charge in [-0.3, -0.25) is 4.79 Å². The van der Waals surface area contributed by atoms with Crippen molar-refractivity contribution in [1.82, 2.24) is 0 Å².